The van der Waals surface area contributed by atoms with Crippen molar-refractivity contribution in [3.8, 4) is 0 Å². The lowest BCUT2D eigenvalue weighted by Gasteiger charge is -2.30. The molecule has 0 unspecified atom stereocenters. The number of carboxylic acids is 2. The van der Waals surface area contributed by atoms with E-state index in [4.69, 9.17) is 40.1 Å². The van der Waals surface area contributed by atoms with E-state index < -0.39 is 157 Å². The fourth-order valence-electron chi connectivity index (χ4n) is 9.17. The minimum absolute atomic E-state index is 0.0135. The van der Waals surface area contributed by atoms with Gasteiger partial charge in [0.2, 0.25) is 59.1 Å². The predicted octanol–water partition coefficient (Wildman–Crippen LogP) is -3.97. The number of nitrogens with zero attached hydrogens (tertiary/aromatic N) is 3. The van der Waals surface area contributed by atoms with Gasteiger partial charge in [-0.3, -0.25) is 62.7 Å². The molecule has 1 rings (SSSR count). The molecule has 514 valence electrons. The first-order chi connectivity index (χ1) is 42.8. The van der Waals surface area contributed by atoms with Crippen LogP contribution in [0.3, 0.4) is 0 Å². The summed E-state index contributed by atoms with van der Waals surface area (Å²) in [6.07, 6.45) is 3.23. The van der Waals surface area contributed by atoms with E-state index >= 15 is 0 Å². The zero-order chi connectivity index (χ0) is 68.9. The van der Waals surface area contributed by atoms with Crippen LogP contribution in [-0.4, -0.2) is 183 Å². The number of H-pyrrole nitrogens is 1. The molecule has 0 aliphatic heterocycles. The fraction of sp³-hybridized carbons (Fsp3) is 0.702. The number of guanidine groups is 2. The summed E-state index contributed by atoms with van der Waals surface area (Å²) in [4.78, 5) is 178. The molecule has 0 radical (unpaired) electrons. The van der Waals surface area contributed by atoms with Gasteiger partial charge in [-0.25, -0.2) is 9.78 Å². The van der Waals surface area contributed by atoms with E-state index in [0.29, 0.717) is 37.8 Å². The van der Waals surface area contributed by atoms with Crippen LogP contribution in [0.1, 0.15) is 157 Å². The van der Waals surface area contributed by atoms with Crippen LogP contribution in [0, 0.1) is 17.8 Å². The van der Waals surface area contributed by atoms with Crippen LogP contribution in [0.5, 0.6) is 0 Å². The molecule has 0 saturated heterocycles. The molecule has 1 heterocycles. The van der Waals surface area contributed by atoms with Gasteiger partial charge in [0, 0.05) is 37.8 Å². The molecule has 34 nitrogen and oxygen atoms in total. The maximum Gasteiger partial charge on any atom is 0.326 e. The minimum atomic E-state index is -1.94. The highest BCUT2D eigenvalue weighted by Gasteiger charge is 2.38. The van der Waals surface area contributed by atoms with Gasteiger partial charge in [-0.1, -0.05) is 67.7 Å². The quantitative estimate of drug-likeness (QED) is 0.0168. The number of imidazole rings is 1. The van der Waals surface area contributed by atoms with E-state index in [1.165, 1.54) is 12.5 Å². The Morgan fingerprint density at radius 2 is 0.934 bits per heavy atom. The minimum Gasteiger partial charge on any atom is -0.481 e. The van der Waals surface area contributed by atoms with E-state index in [1.807, 2.05) is 6.92 Å². The number of aromatic nitrogens is 2. The number of aliphatic imine (C=N–C) groups is 2. The number of hydrogen-bond acceptors (Lipinski definition) is 17. The van der Waals surface area contributed by atoms with Crippen molar-refractivity contribution >= 4 is 82.9 Å². The smallest absolute Gasteiger partial charge is 0.326 e. The standard InChI is InChI=1S/C57H102N20O14/c1-8-10-15-35(47(82)70-37(18-14-23-67-57(63)64)48(83)73-39(55(90)91)16-11-12-22-66-56(61)62)72-54(89)45(32(7)9-2)77-53(88)42(27-44(79)80)76-50(85)38(19-20-43(60)78)71-51(86)40(24-30(3)4)75-52(87)41(25-31(5)6)74-49(84)36(17-13-21-58)69-46(81)34(59)26-33-28-65-29-68-33/h28-32,34-42,45H,8-27,58-59H2,1-7H3,(H2,60,78)(H,65,68)(H,69,81)(H,70,82)(H,71,86)(H,72,89)(H,73,83)(H,74,84)(H,75,87)(H,76,85)(H,77,88)(H,79,80)(H,90,91)(H4,61,62,66)(H4,63,64,67)/t32-,34-,35-,36-,37+,38-,39-,40-,41-,42-,45-/m0/s1. The van der Waals surface area contributed by atoms with Crippen LogP contribution in [-0.2, 0) is 64.0 Å². The summed E-state index contributed by atoms with van der Waals surface area (Å²) in [5, 5.41) is 43.0. The summed E-state index contributed by atoms with van der Waals surface area (Å²) in [5.74, 6) is -13.6. The molecule has 0 aromatic carbocycles. The summed E-state index contributed by atoms with van der Waals surface area (Å²) in [7, 11) is 0. The first kappa shape index (κ1) is 80.3. The van der Waals surface area contributed by atoms with E-state index in [2.05, 4.69) is 67.8 Å². The third kappa shape index (κ3) is 33.1. The maximum atomic E-state index is 14.4. The highest BCUT2D eigenvalue weighted by atomic mass is 16.4. The van der Waals surface area contributed by atoms with Crippen molar-refractivity contribution in [2.45, 2.75) is 218 Å². The number of rotatable bonds is 47. The van der Waals surface area contributed by atoms with Crippen molar-refractivity contribution in [1.29, 1.82) is 0 Å². The summed E-state index contributed by atoms with van der Waals surface area (Å²) in [6, 6.07) is -14.2. The lowest BCUT2D eigenvalue weighted by atomic mass is 9.96. The number of nitrogens with one attached hydrogen (secondary N) is 10. The number of primary amides is 1. The zero-order valence-corrected chi connectivity index (χ0v) is 53.5. The van der Waals surface area contributed by atoms with Gasteiger partial charge in [-0.05, 0) is 94.9 Å². The summed E-state index contributed by atoms with van der Waals surface area (Å²) in [5.41, 5.74) is 39.6. The van der Waals surface area contributed by atoms with Crippen molar-refractivity contribution in [3.63, 3.8) is 0 Å². The van der Waals surface area contributed by atoms with Crippen molar-refractivity contribution in [3.05, 3.63) is 18.2 Å². The van der Waals surface area contributed by atoms with Crippen LogP contribution in [0.25, 0.3) is 0 Å². The molecule has 0 aliphatic carbocycles. The molecule has 34 heteroatoms. The third-order valence-corrected chi connectivity index (χ3v) is 14.3. The molecule has 1 aromatic rings. The summed E-state index contributed by atoms with van der Waals surface area (Å²) < 4.78 is 0. The Labute approximate surface area is 530 Å². The average molecular weight is 1290 g/mol. The molecule has 0 spiro atoms. The first-order valence-corrected chi connectivity index (χ1v) is 30.8. The molecule has 91 heavy (non-hydrogen) atoms. The number of carbonyl (C=O) groups excluding carboxylic acids is 10. The number of unbranched alkanes of at least 4 members (excludes halogenated alkanes) is 2. The van der Waals surface area contributed by atoms with Gasteiger partial charge in [0.1, 0.15) is 54.4 Å². The second kappa shape index (κ2) is 43.1. The van der Waals surface area contributed by atoms with E-state index in [0.717, 1.165) is 0 Å². The molecule has 0 saturated carbocycles. The highest BCUT2D eigenvalue weighted by Crippen LogP contribution is 2.15. The topological polar surface area (TPSA) is 589 Å². The first-order valence-electron chi connectivity index (χ1n) is 30.8. The van der Waals surface area contributed by atoms with E-state index in [-0.39, 0.29) is 101 Å². The SMILES string of the molecule is CCCC[C@H](NC(=O)[C@@H](NC(=O)[C@H](CC(=O)O)NC(=O)[C@H](CCC(N)=O)NC(=O)[C@H](CC(C)C)NC(=O)[C@H](CC(C)C)NC(=O)[C@H](CCCN)NC(=O)[C@@H](N)Cc1cnc[nH]1)[C@@H](C)CC)C(=O)N[C@H](CCCN=C(N)N)C(=O)N[C@@H](CCCCN=C(N)N)C(=O)O. The zero-order valence-electron chi connectivity index (χ0n) is 53.5. The number of carbonyl (C=O) groups is 12. The maximum absolute atomic E-state index is 14.4. The number of carboxylic acid groups (broad SMARTS) is 2. The van der Waals surface area contributed by atoms with Gasteiger partial charge in [0.15, 0.2) is 11.9 Å². The molecular weight excluding hydrogens is 1190 g/mol. The number of aromatic amines is 1. The molecule has 0 bridgehead atoms. The van der Waals surface area contributed by atoms with Gasteiger partial charge >= 0.3 is 11.9 Å². The third-order valence-electron chi connectivity index (χ3n) is 14.3. The van der Waals surface area contributed by atoms with Crippen molar-refractivity contribution in [2.24, 2.45) is 67.9 Å². The molecule has 1 aromatic heterocycles. The van der Waals surface area contributed by atoms with Gasteiger partial charge in [0.05, 0.1) is 18.8 Å². The lowest BCUT2D eigenvalue weighted by molar-refractivity contribution is -0.143. The summed E-state index contributed by atoms with van der Waals surface area (Å²) >= 11 is 0. The molecular formula is C57H102N20O14. The number of amides is 10. The number of hydrogen-bond donors (Lipinski definition) is 19. The molecule has 0 aliphatic rings. The Bertz CT molecular complexity index is 2580. The van der Waals surface area contributed by atoms with Crippen LogP contribution in [0.2, 0.25) is 0 Å². The van der Waals surface area contributed by atoms with Crippen molar-refractivity contribution in [1.82, 2.24) is 57.8 Å². The molecule has 10 amide bonds. The van der Waals surface area contributed by atoms with Gasteiger partial charge in [-0.15, -0.1) is 0 Å². The Balaban J connectivity index is 3.56. The van der Waals surface area contributed by atoms with E-state index in [1.54, 1.807) is 41.5 Å². The van der Waals surface area contributed by atoms with Crippen LogP contribution >= 0.6 is 0 Å². The molecule has 11 atom stereocenters. The Hall–Kier alpha value is -8.69. The summed E-state index contributed by atoms with van der Waals surface area (Å²) in [6.45, 7) is 12.5. The van der Waals surface area contributed by atoms with E-state index in [9.17, 15) is 67.7 Å². The normalized spacial score (nSPS) is 14.8. The van der Waals surface area contributed by atoms with Crippen molar-refractivity contribution in [2.75, 3.05) is 19.6 Å². The number of nitrogens with two attached hydrogens (primary N) is 7. The molecule has 0 fully saturated rings. The second-order valence-corrected chi connectivity index (χ2v) is 23.3. The highest BCUT2D eigenvalue weighted by molar-refractivity contribution is 5.99. The Morgan fingerprint density at radius 1 is 0.516 bits per heavy atom. The van der Waals surface area contributed by atoms with Crippen molar-refractivity contribution < 1.29 is 67.7 Å². The van der Waals surface area contributed by atoms with Gasteiger partial charge in [0.25, 0.3) is 0 Å². The Kier molecular flexibility index (Phi) is 38.0. The van der Waals surface area contributed by atoms with Crippen LogP contribution in [0.15, 0.2) is 22.5 Å². The predicted molar refractivity (Wildman–Crippen MR) is 337 cm³/mol. The Morgan fingerprint density at radius 3 is 1.37 bits per heavy atom. The van der Waals surface area contributed by atoms with Gasteiger partial charge < -0.3 is 103 Å². The fourth-order valence-corrected chi connectivity index (χ4v) is 9.17. The monoisotopic (exact) mass is 1290 g/mol. The average Bonchev–Trinajstić information content (AvgIpc) is 2.94. The largest absolute Gasteiger partial charge is 0.481 e. The second-order valence-electron chi connectivity index (χ2n) is 23.3. The van der Waals surface area contributed by atoms with Crippen LogP contribution < -0.4 is 88.0 Å². The number of aliphatic carboxylic acids is 2. The molecule has 26 N–H and O–H groups in total. The van der Waals surface area contributed by atoms with Crippen LogP contribution in [0.4, 0.5) is 0 Å². The lowest BCUT2D eigenvalue weighted by Crippen LogP contribution is -2.61. The van der Waals surface area contributed by atoms with Gasteiger partial charge in [-0.2, -0.15) is 0 Å².